The molecule has 0 aliphatic heterocycles. The van der Waals surface area contributed by atoms with Gasteiger partial charge in [-0.25, -0.2) is 9.50 Å². The third-order valence-electron chi connectivity index (χ3n) is 5.04. The van der Waals surface area contributed by atoms with Gasteiger partial charge in [-0.1, -0.05) is 0 Å². The lowest BCUT2D eigenvalue weighted by atomic mass is 9.92. The summed E-state index contributed by atoms with van der Waals surface area (Å²) in [5.41, 5.74) is 4.60. The van der Waals surface area contributed by atoms with E-state index in [1.165, 1.54) is 25.1 Å². The monoisotopic (exact) mass is 492 g/mol. The van der Waals surface area contributed by atoms with Gasteiger partial charge < -0.3 is 29.4 Å². The molecule has 0 amide bonds. The van der Waals surface area contributed by atoms with Crippen LogP contribution in [-0.4, -0.2) is 77.8 Å². The van der Waals surface area contributed by atoms with Crippen LogP contribution in [0, 0.1) is 11.3 Å². The second-order valence-corrected chi connectivity index (χ2v) is 7.41. The van der Waals surface area contributed by atoms with E-state index in [0.29, 0.717) is 5.52 Å². The van der Waals surface area contributed by atoms with Crippen molar-refractivity contribution in [2.24, 2.45) is 0 Å². The Balaban J connectivity index is 2.46. The summed E-state index contributed by atoms with van der Waals surface area (Å²) >= 11 is 0. The van der Waals surface area contributed by atoms with Crippen LogP contribution in [0.5, 0.6) is 0 Å². The van der Waals surface area contributed by atoms with Crippen LogP contribution in [0.1, 0.15) is 32.6 Å². The van der Waals surface area contributed by atoms with Crippen LogP contribution in [0.4, 0.5) is 5.82 Å². The first-order valence-electron chi connectivity index (χ1n) is 10.4. The molecule has 0 spiro atoms. The lowest BCUT2D eigenvalue weighted by Gasteiger charge is -2.36. The molecular formula is C21H28N6O8. The van der Waals surface area contributed by atoms with Gasteiger partial charge in [0, 0.05) is 21.0 Å². The van der Waals surface area contributed by atoms with Crippen LogP contribution in [0.15, 0.2) is 18.5 Å². The van der Waals surface area contributed by atoms with Gasteiger partial charge in [0.2, 0.25) is 5.60 Å². The summed E-state index contributed by atoms with van der Waals surface area (Å²) in [6.45, 7) is 3.24. The van der Waals surface area contributed by atoms with Crippen LogP contribution in [0.2, 0.25) is 0 Å². The number of ether oxygens (including phenoxy) is 5. The Kier molecular flexibility index (Phi) is 9.46. The topological polar surface area (TPSA) is 189 Å². The number of anilines is 1. The summed E-state index contributed by atoms with van der Waals surface area (Å²) in [4.78, 5) is 39.6. The van der Waals surface area contributed by atoms with E-state index in [1.807, 2.05) is 6.07 Å². The second-order valence-electron chi connectivity index (χ2n) is 7.41. The number of nitrogen functional groups attached to an aromatic ring is 1. The molecule has 14 heteroatoms. The van der Waals surface area contributed by atoms with Crippen molar-refractivity contribution in [2.45, 2.75) is 44.6 Å². The maximum atomic E-state index is 12.1. The maximum Gasteiger partial charge on any atom is 0.322 e. The van der Waals surface area contributed by atoms with Gasteiger partial charge >= 0.3 is 17.9 Å². The predicted octanol–water partition coefficient (Wildman–Crippen LogP) is -0.119. The van der Waals surface area contributed by atoms with E-state index < -0.39 is 48.4 Å². The summed E-state index contributed by atoms with van der Waals surface area (Å²) < 4.78 is 28.0. The van der Waals surface area contributed by atoms with Crippen molar-refractivity contribution >= 4 is 29.2 Å². The number of carbonyl (C=O) groups is 3. The van der Waals surface area contributed by atoms with Gasteiger partial charge in [-0.3, -0.25) is 19.7 Å². The van der Waals surface area contributed by atoms with Crippen molar-refractivity contribution in [3.8, 4) is 6.07 Å². The molecule has 0 aliphatic carbocycles. The first-order chi connectivity index (χ1) is 16.6. The standard InChI is InChI=1S/C21H28N6O8/c1-12(20(30)31-4)25-11-33-9-21(8-22,32-5)18(35-14(3)29)17(34-13(2)28)15-6-7-16-19(23)24-10-26-27(15)16/h6-7,10,12,17-18,25H,9,11H2,1-5H3,(H2,23,24,26)/t12-,17-,18-,21?/m0/s1. The largest absolute Gasteiger partial charge is 0.468 e. The van der Waals surface area contributed by atoms with E-state index in [4.69, 9.17) is 24.7 Å². The summed E-state index contributed by atoms with van der Waals surface area (Å²) in [7, 11) is 2.46. The fourth-order valence-corrected chi connectivity index (χ4v) is 3.27. The van der Waals surface area contributed by atoms with Gasteiger partial charge in [-0.15, -0.1) is 0 Å². The molecule has 2 heterocycles. The number of hydrogen-bond donors (Lipinski definition) is 2. The molecule has 35 heavy (non-hydrogen) atoms. The van der Waals surface area contributed by atoms with Crippen molar-refractivity contribution in [2.75, 3.05) is 33.3 Å². The zero-order valence-electron chi connectivity index (χ0n) is 20.0. The van der Waals surface area contributed by atoms with Crippen LogP contribution >= 0.6 is 0 Å². The number of methoxy groups -OCH3 is 2. The van der Waals surface area contributed by atoms with Gasteiger partial charge in [-0.2, -0.15) is 10.4 Å². The van der Waals surface area contributed by atoms with Gasteiger partial charge in [0.15, 0.2) is 18.0 Å². The van der Waals surface area contributed by atoms with Gasteiger partial charge in [-0.05, 0) is 19.1 Å². The smallest absolute Gasteiger partial charge is 0.322 e. The molecule has 1 unspecified atom stereocenters. The molecule has 2 aromatic heterocycles. The first-order valence-corrected chi connectivity index (χ1v) is 10.4. The predicted molar refractivity (Wildman–Crippen MR) is 118 cm³/mol. The highest BCUT2D eigenvalue weighted by Crippen LogP contribution is 2.34. The molecule has 190 valence electrons. The minimum atomic E-state index is -1.94. The Morgan fingerprint density at radius 3 is 2.49 bits per heavy atom. The zero-order chi connectivity index (χ0) is 26.2. The Hall–Kier alpha value is -3.80. The number of aromatic nitrogens is 3. The van der Waals surface area contributed by atoms with E-state index in [0.717, 1.165) is 13.8 Å². The number of nitrogens with one attached hydrogen (secondary N) is 1. The molecule has 0 fully saturated rings. The summed E-state index contributed by atoms with van der Waals surface area (Å²) in [6.07, 6.45) is -1.65. The molecule has 2 rings (SSSR count). The van der Waals surface area contributed by atoms with Crippen LogP contribution in [0.3, 0.4) is 0 Å². The first kappa shape index (κ1) is 27.4. The molecular weight excluding hydrogens is 464 g/mol. The Morgan fingerprint density at radius 1 is 1.23 bits per heavy atom. The molecule has 0 aliphatic rings. The molecule has 0 saturated heterocycles. The summed E-state index contributed by atoms with van der Waals surface area (Å²) in [6, 6.07) is 4.41. The highest BCUT2D eigenvalue weighted by Gasteiger charge is 2.50. The highest BCUT2D eigenvalue weighted by molar-refractivity contribution is 5.75. The van der Waals surface area contributed by atoms with E-state index >= 15 is 0 Å². The average Bonchev–Trinajstić information content (AvgIpc) is 3.26. The molecule has 14 nitrogen and oxygen atoms in total. The lowest BCUT2D eigenvalue weighted by molar-refractivity contribution is -0.195. The van der Waals surface area contributed by atoms with Crippen molar-refractivity contribution in [3.63, 3.8) is 0 Å². The average molecular weight is 492 g/mol. The third kappa shape index (κ3) is 6.41. The van der Waals surface area contributed by atoms with Gasteiger partial charge in [0.1, 0.15) is 24.0 Å². The van der Waals surface area contributed by atoms with Crippen LogP contribution in [0.25, 0.3) is 5.52 Å². The SMILES string of the molecule is COC(=O)[C@H](C)NCOCC(C#N)(OC)[C@@H](OC(C)=O)[C@@H](OC(C)=O)c1ccc2c(N)ncnn12. The van der Waals surface area contributed by atoms with Gasteiger partial charge in [0.25, 0.3) is 0 Å². The van der Waals surface area contributed by atoms with Gasteiger partial charge in [0.05, 0.1) is 26.1 Å². The highest BCUT2D eigenvalue weighted by atomic mass is 16.6. The molecule has 0 radical (unpaired) electrons. The van der Waals surface area contributed by atoms with Crippen molar-refractivity contribution in [1.82, 2.24) is 19.9 Å². The van der Waals surface area contributed by atoms with Crippen LogP contribution < -0.4 is 11.1 Å². The third-order valence-corrected chi connectivity index (χ3v) is 5.04. The van der Waals surface area contributed by atoms with Crippen LogP contribution in [-0.2, 0) is 38.1 Å². The Morgan fingerprint density at radius 2 is 1.91 bits per heavy atom. The Bertz CT molecular complexity index is 1100. The lowest BCUT2D eigenvalue weighted by Crippen LogP contribution is -2.53. The number of fused-ring (bicyclic) bond motifs is 1. The number of carbonyl (C=O) groups excluding carboxylic acids is 3. The van der Waals surface area contributed by atoms with Crippen molar-refractivity contribution in [3.05, 3.63) is 24.2 Å². The number of nitriles is 1. The normalized spacial score (nSPS) is 15.3. The quantitative estimate of drug-likeness (QED) is 0.173. The molecule has 2 aromatic rings. The number of rotatable bonds is 12. The fraction of sp³-hybridized carbons (Fsp3) is 0.524. The maximum absolute atomic E-state index is 12.1. The van der Waals surface area contributed by atoms with E-state index in [-0.39, 0.29) is 18.2 Å². The minimum Gasteiger partial charge on any atom is -0.468 e. The van der Waals surface area contributed by atoms with E-state index in [1.54, 1.807) is 19.1 Å². The summed E-state index contributed by atoms with van der Waals surface area (Å²) in [5, 5.41) is 17.0. The van der Waals surface area contributed by atoms with Crippen molar-refractivity contribution in [1.29, 1.82) is 5.26 Å². The fourth-order valence-electron chi connectivity index (χ4n) is 3.27. The zero-order valence-corrected chi connectivity index (χ0v) is 20.0. The second kappa shape index (κ2) is 12.1. The molecule has 0 saturated carbocycles. The van der Waals surface area contributed by atoms with E-state index in [9.17, 15) is 19.6 Å². The molecule has 3 N–H and O–H groups in total. The van der Waals surface area contributed by atoms with E-state index in [2.05, 4.69) is 20.1 Å². The number of esters is 3. The van der Waals surface area contributed by atoms with Crippen molar-refractivity contribution < 1.29 is 38.1 Å². The molecule has 0 aromatic carbocycles. The summed E-state index contributed by atoms with van der Waals surface area (Å²) in [5.74, 6) is -1.84. The minimum absolute atomic E-state index is 0.157. The molecule has 0 bridgehead atoms. The number of hydrogen-bond acceptors (Lipinski definition) is 13. The number of nitrogens with two attached hydrogens (primary N) is 1. The Labute approximate surface area is 201 Å². The molecule has 4 atom stereocenters. The number of nitrogens with zero attached hydrogens (tertiary/aromatic N) is 4.